The van der Waals surface area contributed by atoms with Crippen LogP contribution in [0.3, 0.4) is 0 Å². The van der Waals surface area contributed by atoms with Gasteiger partial charge < -0.3 is 4.90 Å². The summed E-state index contributed by atoms with van der Waals surface area (Å²) in [5.74, 6) is 0. The van der Waals surface area contributed by atoms with Crippen molar-refractivity contribution in [3.63, 3.8) is 0 Å². The van der Waals surface area contributed by atoms with E-state index in [1.54, 1.807) is 12.1 Å². The van der Waals surface area contributed by atoms with Crippen LogP contribution >= 0.6 is 15.9 Å². The summed E-state index contributed by atoms with van der Waals surface area (Å²) in [7, 11) is 0. The molecule has 0 aromatic heterocycles. The van der Waals surface area contributed by atoms with Crippen molar-refractivity contribution in [1.82, 2.24) is 0 Å². The first kappa shape index (κ1) is 15.0. The van der Waals surface area contributed by atoms with Crippen LogP contribution in [0.4, 0.5) is 11.4 Å². The molecule has 4 nitrogen and oxygen atoms in total. The Bertz CT molecular complexity index is 410. The Labute approximate surface area is 116 Å². The fraction of sp³-hybridized carbons (Fsp3) is 0.538. The first-order chi connectivity index (χ1) is 8.63. The zero-order valence-electron chi connectivity index (χ0n) is 10.9. The molecule has 100 valence electrons. The van der Waals surface area contributed by atoms with Crippen LogP contribution in [0.1, 0.15) is 32.3 Å². The number of nitro groups is 1. The summed E-state index contributed by atoms with van der Waals surface area (Å²) in [6.45, 7) is 6.17. The van der Waals surface area contributed by atoms with Crippen LogP contribution < -0.4 is 4.90 Å². The third kappa shape index (κ3) is 3.70. The van der Waals surface area contributed by atoms with Crippen molar-refractivity contribution in [2.45, 2.75) is 32.0 Å². The molecule has 0 heterocycles. The Morgan fingerprint density at radius 3 is 2.61 bits per heavy atom. The fourth-order valence-corrected chi connectivity index (χ4v) is 2.35. The van der Waals surface area contributed by atoms with Gasteiger partial charge in [-0.2, -0.15) is 0 Å². The zero-order valence-corrected chi connectivity index (χ0v) is 12.4. The van der Waals surface area contributed by atoms with Crippen LogP contribution in [0.5, 0.6) is 0 Å². The Morgan fingerprint density at radius 2 is 2.11 bits per heavy atom. The largest absolute Gasteiger partial charge is 0.372 e. The van der Waals surface area contributed by atoms with Crippen LogP contribution in [0.25, 0.3) is 0 Å². The summed E-state index contributed by atoms with van der Waals surface area (Å²) >= 11 is 3.41. The van der Waals surface area contributed by atoms with E-state index in [4.69, 9.17) is 0 Å². The average Bonchev–Trinajstić information content (AvgIpc) is 2.39. The maximum atomic E-state index is 10.8. The monoisotopic (exact) mass is 314 g/mol. The number of unbranched alkanes of at least 4 members (excludes halogenated alkanes) is 1. The lowest BCUT2D eigenvalue weighted by atomic mass is 10.1. The van der Waals surface area contributed by atoms with Crippen LogP contribution in [-0.2, 0) is 5.33 Å². The Balaban J connectivity index is 3.02. The maximum absolute atomic E-state index is 10.8. The summed E-state index contributed by atoms with van der Waals surface area (Å²) < 4.78 is 0. The Morgan fingerprint density at radius 1 is 1.39 bits per heavy atom. The molecule has 0 bridgehead atoms. The number of hydrogen-bond donors (Lipinski definition) is 0. The fourth-order valence-electron chi connectivity index (χ4n) is 1.90. The highest BCUT2D eigenvalue weighted by Crippen LogP contribution is 2.27. The van der Waals surface area contributed by atoms with Crippen molar-refractivity contribution in [2.24, 2.45) is 0 Å². The molecule has 5 heteroatoms. The second-order valence-corrected chi connectivity index (χ2v) is 4.70. The van der Waals surface area contributed by atoms with Gasteiger partial charge in [0.2, 0.25) is 0 Å². The molecule has 0 unspecified atom stereocenters. The van der Waals surface area contributed by atoms with Crippen molar-refractivity contribution in [3.05, 3.63) is 33.9 Å². The van der Waals surface area contributed by atoms with Gasteiger partial charge in [0, 0.05) is 36.2 Å². The van der Waals surface area contributed by atoms with Gasteiger partial charge in [0.1, 0.15) is 0 Å². The first-order valence-electron chi connectivity index (χ1n) is 6.22. The second kappa shape index (κ2) is 7.36. The van der Waals surface area contributed by atoms with E-state index in [0.29, 0.717) is 5.33 Å². The highest BCUT2D eigenvalue weighted by molar-refractivity contribution is 9.08. The molecule has 0 saturated heterocycles. The molecular weight excluding hydrogens is 296 g/mol. The Kier molecular flexibility index (Phi) is 6.12. The van der Waals surface area contributed by atoms with Gasteiger partial charge in [-0.1, -0.05) is 29.3 Å². The topological polar surface area (TPSA) is 46.4 Å². The smallest absolute Gasteiger partial charge is 0.269 e. The summed E-state index contributed by atoms with van der Waals surface area (Å²) in [4.78, 5) is 12.7. The van der Waals surface area contributed by atoms with E-state index in [9.17, 15) is 10.1 Å². The van der Waals surface area contributed by atoms with E-state index in [1.165, 1.54) is 0 Å². The normalized spacial score (nSPS) is 10.4. The molecule has 1 aromatic rings. The molecule has 1 aromatic carbocycles. The molecule has 0 fully saturated rings. The van der Waals surface area contributed by atoms with Crippen LogP contribution in [0.2, 0.25) is 0 Å². The third-order valence-corrected chi connectivity index (χ3v) is 3.53. The number of alkyl halides is 1. The van der Waals surface area contributed by atoms with Crippen molar-refractivity contribution in [1.29, 1.82) is 0 Å². The van der Waals surface area contributed by atoms with Crippen LogP contribution in [-0.4, -0.2) is 18.0 Å². The van der Waals surface area contributed by atoms with Gasteiger partial charge in [0.25, 0.3) is 5.69 Å². The number of nitrogens with zero attached hydrogens (tertiary/aromatic N) is 2. The molecule has 0 aliphatic heterocycles. The third-order valence-electron chi connectivity index (χ3n) is 2.92. The first-order valence-corrected chi connectivity index (χ1v) is 7.34. The van der Waals surface area contributed by atoms with Gasteiger partial charge in [0.15, 0.2) is 0 Å². The van der Waals surface area contributed by atoms with E-state index >= 15 is 0 Å². The molecule has 0 N–H and O–H groups in total. The molecule has 0 atom stereocenters. The Hall–Kier alpha value is -1.10. The predicted octanol–water partition coefficient (Wildman–Crippen LogP) is 4.12. The molecular formula is C13H19BrN2O2. The van der Waals surface area contributed by atoms with Gasteiger partial charge in [0.05, 0.1) is 4.92 Å². The predicted molar refractivity (Wildman–Crippen MR) is 78.5 cm³/mol. The van der Waals surface area contributed by atoms with Crippen LogP contribution in [0, 0.1) is 10.1 Å². The van der Waals surface area contributed by atoms with E-state index in [0.717, 1.165) is 37.2 Å². The molecule has 0 aliphatic rings. The number of rotatable bonds is 7. The summed E-state index contributed by atoms with van der Waals surface area (Å²) in [5.41, 5.74) is 2.22. The summed E-state index contributed by atoms with van der Waals surface area (Å²) in [5, 5.41) is 11.4. The van der Waals surface area contributed by atoms with E-state index in [1.807, 2.05) is 6.07 Å². The molecule has 1 rings (SSSR count). The standard InChI is InChI=1S/C13H19BrN2O2/c1-3-5-8-15(4-2)13-7-6-12(16(17)18)9-11(13)10-14/h6-7,9H,3-5,8,10H2,1-2H3. The number of hydrogen-bond acceptors (Lipinski definition) is 3. The minimum absolute atomic E-state index is 0.153. The zero-order chi connectivity index (χ0) is 13.5. The van der Waals surface area contributed by atoms with Gasteiger partial charge in [-0.3, -0.25) is 10.1 Å². The van der Waals surface area contributed by atoms with E-state index < -0.39 is 0 Å². The number of halogens is 1. The van der Waals surface area contributed by atoms with E-state index in [2.05, 4.69) is 34.7 Å². The summed E-state index contributed by atoms with van der Waals surface area (Å²) in [6.07, 6.45) is 2.28. The SMILES string of the molecule is CCCCN(CC)c1ccc([N+](=O)[O-])cc1CBr. The van der Waals surface area contributed by atoms with Crippen LogP contribution in [0.15, 0.2) is 18.2 Å². The average molecular weight is 315 g/mol. The van der Waals surface area contributed by atoms with Gasteiger partial charge in [-0.25, -0.2) is 0 Å². The minimum atomic E-state index is -0.349. The van der Waals surface area contributed by atoms with Gasteiger partial charge in [-0.15, -0.1) is 0 Å². The summed E-state index contributed by atoms with van der Waals surface area (Å²) in [6, 6.07) is 5.09. The van der Waals surface area contributed by atoms with Crippen molar-refractivity contribution in [3.8, 4) is 0 Å². The molecule has 0 spiro atoms. The minimum Gasteiger partial charge on any atom is -0.372 e. The second-order valence-electron chi connectivity index (χ2n) is 4.14. The number of nitro benzene ring substituents is 1. The molecule has 0 saturated carbocycles. The highest BCUT2D eigenvalue weighted by atomic mass is 79.9. The number of non-ortho nitro benzene ring substituents is 1. The molecule has 18 heavy (non-hydrogen) atoms. The lowest BCUT2D eigenvalue weighted by Gasteiger charge is -2.25. The van der Waals surface area contributed by atoms with Crippen molar-refractivity contribution < 1.29 is 4.92 Å². The maximum Gasteiger partial charge on any atom is 0.269 e. The highest BCUT2D eigenvalue weighted by Gasteiger charge is 2.13. The molecule has 0 aliphatic carbocycles. The van der Waals surface area contributed by atoms with Gasteiger partial charge >= 0.3 is 0 Å². The van der Waals surface area contributed by atoms with Crippen molar-refractivity contribution in [2.75, 3.05) is 18.0 Å². The number of anilines is 1. The lowest BCUT2D eigenvalue weighted by Crippen LogP contribution is -2.24. The van der Waals surface area contributed by atoms with Crippen molar-refractivity contribution >= 4 is 27.3 Å². The van der Waals surface area contributed by atoms with E-state index in [-0.39, 0.29) is 10.6 Å². The quantitative estimate of drug-likeness (QED) is 0.432. The molecule has 0 radical (unpaired) electrons. The van der Waals surface area contributed by atoms with Gasteiger partial charge in [-0.05, 0) is 25.0 Å². The molecule has 0 amide bonds. The lowest BCUT2D eigenvalue weighted by molar-refractivity contribution is -0.384. The number of benzene rings is 1.